The summed E-state index contributed by atoms with van der Waals surface area (Å²) in [6.07, 6.45) is 1.15. The summed E-state index contributed by atoms with van der Waals surface area (Å²) in [7, 11) is 1.52. The van der Waals surface area contributed by atoms with Crippen LogP contribution in [-0.4, -0.2) is 23.4 Å². The Labute approximate surface area is 84.0 Å². The Morgan fingerprint density at radius 2 is 2.14 bits per heavy atom. The van der Waals surface area contributed by atoms with E-state index in [9.17, 15) is 5.11 Å². The van der Waals surface area contributed by atoms with Gasteiger partial charge in [0.25, 0.3) is 0 Å². The summed E-state index contributed by atoms with van der Waals surface area (Å²) in [5, 5.41) is 18.6. The van der Waals surface area contributed by atoms with Gasteiger partial charge in [0.05, 0.1) is 13.2 Å². The molecule has 0 amide bonds. The van der Waals surface area contributed by atoms with Crippen LogP contribution in [0.3, 0.4) is 0 Å². The Bertz CT molecular complexity index is 295. The molecule has 0 radical (unpaired) electrons. The number of benzene rings is 1. The van der Waals surface area contributed by atoms with Crippen molar-refractivity contribution in [3.63, 3.8) is 0 Å². The van der Waals surface area contributed by atoms with Crippen LogP contribution in [0.4, 0.5) is 0 Å². The van der Waals surface area contributed by atoms with Crippen molar-refractivity contribution in [1.82, 2.24) is 0 Å². The van der Waals surface area contributed by atoms with Crippen LogP contribution in [-0.2, 0) is 6.42 Å². The molecule has 0 spiro atoms. The highest BCUT2D eigenvalue weighted by atomic mass is 16.5. The minimum atomic E-state index is -0.306. The maximum atomic E-state index is 9.47. The van der Waals surface area contributed by atoms with Gasteiger partial charge in [0, 0.05) is 0 Å². The molecule has 3 heteroatoms. The second-order valence-electron chi connectivity index (χ2n) is 3.39. The minimum absolute atomic E-state index is 0.149. The van der Waals surface area contributed by atoms with E-state index in [1.54, 1.807) is 19.1 Å². The molecule has 1 aromatic rings. The SMILES string of the molecule is COc1ccc(CCC(C)O)cc1O. The molecule has 14 heavy (non-hydrogen) atoms. The maximum Gasteiger partial charge on any atom is 0.160 e. The van der Waals surface area contributed by atoms with E-state index in [0.717, 1.165) is 12.0 Å². The average molecular weight is 196 g/mol. The van der Waals surface area contributed by atoms with Crippen molar-refractivity contribution in [3.8, 4) is 11.5 Å². The van der Waals surface area contributed by atoms with Gasteiger partial charge in [-0.1, -0.05) is 6.07 Å². The van der Waals surface area contributed by atoms with Crippen molar-refractivity contribution >= 4 is 0 Å². The Morgan fingerprint density at radius 1 is 1.43 bits per heavy atom. The fraction of sp³-hybridized carbons (Fsp3) is 0.455. The second kappa shape index (κ2) is 4.86. The van der Waals surface area contributed by atoms with Crippen molar-refractivity contribution in [2.45, 2.75) is 25.9 Å². The first-order valence-corrected chi connectivity index (χ1v) is 4.67. The highest BCUT2D eigenvalue weighted by molar-refractivity contribution is 5.41. The quantitative estimate of drug-likeness (QED) is 0.770. The van der Waals surface area contributed by atoms with Crippen LogP contribution >= 0.6 is 0 Å². The first kappa shape index (κ1) is 10.9. The first-order valence-electron chi connectivity index (χ1n) is 4.67. The number of phenolic OH excluding ortho intramolecular Hbond substituents is 1. The lowest BCUT2D eigenvalue weighted by atomic mass is 10.1. The lowest BCUT2D eigenvalue weighted by molar-refractivity contribution is 0.185. The van der Waals surface area contributed by atoms with Gasteiger partial charge in [-0.3, -0.25) is 0 Å². The molecule has 3 nitrogen and oxygen atoms in total. The lowest BCUT2D eigenvalue weighted by Gasteiger charge is -2.07. The molecule has 1 atom stereocenters. The third-order valence-electron chi connectivity index (χ3n) is 2.09. The van der Waals surface area contributed by atoms with E-state index in [2.05, 4.69) is 0 Å². The molecule has 1 aromatic carbocycles. The smallest absolute Gasteiger partial charge is 0.160 e. The third-order valence-corrected chi connectivity index (χ3v) is 2.09. The van der Waals surface area contributed by atoms with Crippen LogP contribution in [0.2, 0.25) is 0 Å². The van der Waals surface area contributed by atoms with Crippen LogP contribution in [0.15, 0.2) is 18.2 Å². The van der Waals surface area contributed by atoms with Gasteiger partial charge in [-0.2, -0.15) is 0 Å². The number of rotatable bonds is 4. The van der Waals surface area contributed by atoms with Gasteiger partial charge in [-0.15, -0.1) is 0 Å². The molecule has 1 rings (SSSR count). The summed E-state index contributed by atoms with van der Waals surface area (Å²) in [5.74, 6) is 0.626. The van der Waals surface area contributed by atoms with Gasteiger partial charge in [-0.05, 0) is 37.5 Å². The van der Waals surface area contributed by atoms with Crippen molar-refractivity contribution in [3.05, 3.63) is 23.8 Å². The lowest BCUT2D eigenvalue weighted by Crippen LogP contribution is -2.01. The number of ether oxygens (including phenoxy) is 1. The van der Waals surface area contributed by atoms with Crippen molar-refractivity contribution in [2.75, 3.05) is 7.11 Å². The van der Waals surface area contributed by atoms with Gasteiger partial charge in [0.15, 0.2) is 11.5 Å². The molecule has 0 aromatic heterocycles. The van der Waals surface area contributed by atoms with Crippen molar-refractivity contribution in [1.29, 1.82) is 0 Å². The number of aryl methyl sites for hydroxylation is 1. The summed E-state index contributed by atoms with van der Waals surface area (Å²) in [4.78, 5) is 0. The Hall–Kier alpha value is -1.22. The average Bonchev–Trinajstić information content (AvgIpc) is 2.15. The number of hydrogen-bond donors (Lipinski definition) is 2. The van der Waals surface area contributed by atoms with Crippen molar-refractivity contribution < 1.29 is 14.9 Å². The number of methoxy groups -OCH3 is 1. The predicted octanol–water partition coefficient (Wildman–Crippen LogP) is 1.71. The Kier molecular flexibility index (Phi) is 3.77. The van der Waals surface area contributed by atoms with E-state index in [1.165, 1.54) is 7.11 Å². The summed E-state index contributed by atoms with van der Waals surface area (Å²) in [6, 6.07) is 5.29. The third kappa shape index (κ3) is 2.92. The second-order valence-corrected chi connectivity index (χ2v) is 3.39. The zero-order valence-electron chi connectivity index (χ0n) is 8.53. The highest BCUT2D eigenvalue weighted by Crippen LogP contribution is 2.26. The first-order chi connectivity index (χ1) is 6.63. The summed E-state index contributed by atoms with van der Waals surface area (Å²) in [5.41, 5.74) is 1.00. The molecule has 0 aliphatic carbocycles. The summed E-state index contributed by atoms with van der Waals surface area (Å²) >= 11 is 0. The molecule has 0 bridgehead atoms. The molecule has 0 aliphatic rings. The molecule has 0 saturated carbocycles. The summed E-state index contributed by atoms with van der Waals surface area (Å²) in [6.45, 7) is 1.75. The molecular weight excluding hydrogens is 180 g/mol. The molecule has 2 N–H and O–H groups in total. The fourth-order valence-electron chi connectivity index (χ4n) is 1.27. The summed E-state index contributed by atoms with van der Waals surface area (Å²) < 4.78 is 4.93. The molecule has 0 heterocycles. The number of hydrogen-bond acceptors (Lipinski definition) is 3. The van der Waals surface area contributed by atoms with Crippen LogP contribution in [0, 0.1) is 0 Å². The normalized spacial score (nSPS) is 12.5. The highest BCUT2D eigenvalue weighted by Gasteiger charge is 2.03. The van der Waals surface area contributed by atoms with Crippen LogP contribution < -0.4 is 4.74 Å². The fourth-order valence-corrected chi connectivity index (χ4v) is 1.27. The van der Waals surface area contributed by atoms with E-state index in [0.29, 0.717) is 12.2 Å². The van der Waals surface area contributed by atoms with Crippen LogP contribution in [0.1, 0.15) is 18.9 Å². The molecular formula is C11H16O3. The van der Waals surface area contributed by atoms with E-state index in [1.807, 2.05) is 6.07 Å². The maximum absolute atomic E-state index is 9.47. The molecule has 0 aliphatic heterocycles. The Balaban J connectivity index is 2.66. The monoisotopic (exact) mass is 196 g/mol. The van der Waals surface area contributed by atoms with Gasteiger partial charge in [0.2, 0.25) is 0 Å². The topological polar surface area (TPSA) is 49.7 Å². The number of aromatic hydroxyl groups is 1. The number of aliphatic hydroxyl groups is 1. The van der Waals surface area contributed by atoms with E-state index in [-0.39, 0.29) is 11.9 Å². The van der Waals surface area contributed by atoms with Crippen molar-refractivity contribution in [2.24, 2.45) is 0 Å². The van der Waals surface area contributed by atoms with E-state index in [4.69, 9.17) is 9.84 Å². The molecule has 1 unspecified atom stereocenters. The molecule has 0 fully saturated rings. The van der Waals surface area contributed by atoms with Gasteiger partial charge >= 0.3 is 0 Å². The van der Waals surface area contributed by atoms with Crippen LogP contribution in [0.5, 0.6) is 11.5 Å². The predicted molar refractivity (Wildman–Crippen MR) is 54.7 cm³/mol. The van der Waals surface area contributed by atoms with Gasteiger partial charge in [-0.25, -0.2) is 0 Å². The zero-order chi connectivity index (χ0) is 10.6. The van der Waals surface area contributed by atoms with Gasteiger partial charge < -0.3 is 14.9 Å². The molecule has 78 valence electrons. The van der Waals surface area contributed by atoms with E-state index < -0.39 is 0 Å². The Morgan fingerprint density at radius 3 is 2.64 bits per heavy atom. The van der Waals surface area contributed by atoms with E-state index >= 15 is 0 Å². The number of aliphatic hydroxyl groups excluding tert-OH is 1. The largest absolute Gasteiger partial charge is 0.504 e. The van der Waals surface area contributed by atoms with Crippen LogP contribution in [0.25, 0.3) is 0 Å². The minimum Gasteiger partial charge on any atom is -0.504 e. The zero-order valence-corrected chi connectivity index (χ0v) is 8.53. The number of phenols is 1. The van der Waals surface area contributed by atoms with Gasteiger partial charge in [0.1, 0.15) is 0 Å². The molecule has 0 saturated heterocycles. The standard InChI is InChI=1S/C11H16O3/c1-8(12)3-4-9-5-6-11(14-2)10(13)7-9/h5-8,12-13H,3-4H2,1-2H3.